The quantitative estimate of drug-likeness (QED) is 0.0454. The summed E-state index contributed by atoms with van der Waals surface area (Å²) >= 11 is 0. The summed E-state index contributed by atoms with van der Waals surface area (Å²) in [5, 5.41) is 24.5. The predicted molar refractivity (Wildman–Crippen MR) is 180 cm³/mol. The van der Waals surface area contributed by atoms with Crippen LogP contribution in [0.2, 0.25) is 0 Å². The molecule has 0 aromatic heterocycles. The molecule has 1 atom stereocenters. The molecule has 0 spiro atoms. The second-order valence-electron chi connectivity index (χ2n) is 10.9. The number of benzene rings is 4. The minimum atomic E-state index is -5.04. The van der Waals surface area contributed by atoms with Crippen molar-refractivity contribution in [2.75, 3.05) is 24.6 Å². The number of carbonyl (C=O) groups excluding carboxylic acids is 1. The average molecular weight is 685 g/mol. The number of unbranched alkanes of at least 4 members (excludes halogenated alkanes) is 1. The first-order valence-corrected chi connectivity index (χ1v) is 17.3. The van der Waals surface area contributed by atoms with Crippen molar-refractivity contribution in [2.45, 2.75) is 48.9 Å². The molecule has 0 saturated heterocycles. The molecule has 1 amide bonds. The number of nitrogen functional groups attached to an aromatic ring is 1. The number of anilines is 2. The van der Waals surface area contributed by atoms with E-state index in [9.17, 15) is 35.8 Å². The van der Waals surface area contributed by atoms with E-state index in [-0.39, 0.29) is 23.0 Å². The third kappa shape index (κ3) is 7.93. The molecule has 0 aliphatic carbocycles. The van der Waals surface area contributed by atoms with E-state index in [4.69, 9.17) is 11.5 Å². The normalized spacial score (nSPS) is 12.9. The second-order valence-corrected chi connectivity index (χ2v) is 13.7. The summed E-state index contributed by atoms with van der Waals surface area (Å²) in [5.74, 6) is -0.837. The maximum absolute atomic E-state index is 12.8. The van der Waals surface area contributed by atoms with Gasteiger partial charge in [-0.3, -0.25) is 13.9 Å². The Kier molecular flexibility index (Phi) is 10.6. The second kappa shape index (κ2) is 14.1. The van der Waals surface area contributed by atoms with Gasteiger partial charge in [0.1, 0.15) is 15.5 Å². The number of phenolic OH excluding ortho intramolecular Hbond substituents is 1. The lowest BCUT2D eigenvalue weighted by Gasteiger charge is -2.17. The Morgan fingerprint density at radius 1 is 0.851 bits per heavy atom. The molecule has 250 valence electrons. The van der Waals surface area contributed by atoms with Gasteiger partial charge in [0.15, 0.2) is 5.75 Å². The fraction of sp³-hybridized carbons (Fsp3) is 0.258. The van der Waals surface area contributed by atoms with Crippen LogP contribution in [0, 0.1) is 13.8 Å². The van der Waals surface area contributed by atoms with Crippen molar-refractivity contribution < 1.29 is 35.8 Å². The molecule has 0 heterocycles. The van der Waals surface area contributed by atoms with Gasteiger partial charge in [0.05, 0.1) is 22.8 Å². The highest BCUT2D eigenvalue weighted by Gasteiger charge is 2.26. The van der Waals surface area contributed by atoms with Crippen LogP contribution in [0.15, 0.2) is 74.6 Å². The lowest BCUT2D eigenvalue weighted by Crippen LogP contribution is -2.38. The molecule has 9 N–H and O–H groups in total. The van der Waals surface area contributed by atoms with Crippen molar-refractivity contribution in [3.05, 3.63) is 65.7 Å². The topological polar surface area (TPSA) is 247 Å². The van der Waals surface area contributed by atoms with Crippen molar-refractivity contribution in [1.82, 2.24) is 5.32 Å². The van der Waals surface area contributed by atoms with Crippen molar-refractivity contribution in [2.24, 2.45) is 16.0 Å². The van der Waals surface area contributed by atoms with Crippen LogP contribution in [0.5, 0.6) is 5.75 Å². The van der Waals surface area contributed by atoms with Gasteiger partial charge in [-0.1, -0.05) is 24.6 Å². The van der Waals surface area contributed by atoms with Crippen molar-refractivity contribution in [3.63, 3.8) is 0 Å². The summed E-state index contributed by atoms with van der Waals surface area (Å²) < 4.78 is 66.8. The molecule has 0 radical (unpaired) electrons. The van der Waals surface area contributed by atoms with Gasteiger partial charge in [0.25, 0.3) is 20.2 Å². The first-order valence-electron chi connectivity index (χ1n) is 14.4. The lowest BCUT2D eigenvalue weighted by atomic mass is 10.00. The maximum Gasteiger partial charge on any atom is 0.296 e. The standard InChI is InChI=1S/C31H36N6O8S2/c1-17-14-19(7-10-22(17)35-31(39)25(34-3)6-4-5-13-32)20-8-11-23(18(2)15-20)36-37-24-12-9-21-26(46(40,41)42)16-27(47(43,44)45)29(33)28(21)30(24)38/h7-12,14-16,25,34,38H,4-6,13,32-33H2,1-3H3,(H,35,39)(H,40,41,42)(H,43,44,45). The van der Waals surface area contributed by atoms with Gasteiger partial charge in [-0.15, -0.1) is 5.11 Å². The largest absolute Gasteiger partial charge is 0.505 e. The molecule has 4 aromatic rings. The van der Waals surface area contributed by atoms with Gasteiger partial charge in [-0.2, -0.15) is 21.9 Å². The number of aromatic hydroxyl groups is 1. The third-order valence-electron chi connectivity index (χ3n) is 7.67. The molecule has 47 heavy (non-hydrogen) atoms. The number of aryl methyl sites for hydroxylation is 2. The number of carbonyl (C=O) groups is 1. The number of fused-ring (bicyclic) bond motifs is 1. The first-order chi connectivity index (χ1) is 22.1. The van der Waals surface area contributed by atoms with Gasteiger partial charge < -0.3 is 27.2 Å². The number of amides is 1. The zero-order valence-corrected chi connectivity index (χ0v) is 27.5. The Morgan fingerprint density at radius 3 is 2.02 bits per heavy atom. The van der Waals surface area contributed by atoms with E-state index in [0.717, 1.165) is 35.1 Å². The van der Waals surface area contributed by atoms with E-state index in [0.29, 0.717) is 30.4 Å². The molecule has 16 heteroatoms. The summed E-state index contributed by atoms with van der Waals surface area (Å²) in [5.41, 5.74) is 15.1. The van der Waals surface area contributed by atoms with Gasteiger partial charge in [0, 0.05) is 11.1 Å². The van der Waals surface area contributed by atoms with Crippen LogP contribution in [-0.4, -0.2) is 56.6 Å². The number of nitrogens with one attached hydrogen (secondary N) is 2. The molecule has 4 rings (SSSR count). The van der Waals surface area contributed by atoms with Gasteiger partial charge in [0.2, 0.25) is 5.91 Å². The molecule has 14 nitrogen and oxygen atoms in total. The van der Waals surface area contributed by atoms with E-state index >= 15 is 0 Å². The molecular weight excluding hydrogens is 649 g/mol. The number of likely N-dealkylation sites (N-methyl/N-ethyl adjacent to an activating group) is 1. The number of nitrogens with two attached hydrogens (primary N) is 2. The molecular formula is C31H36N6O8S2. The predicted octanol–water partition coefficient (Wildman–Crippen LogP) is 4.98. The molecule has 0 saturated carbocycles. The van der Waals surface area contributed by atoms with Crippen LogP contribution in [-0.2, 0) is 25.0 Å². The SMILES string of the molecule is CNC(CCCCN)C(=O)Nc1ccc(-c2ccc(N=Nc3ccc4c(S(=O)(=O)O)cc(S(=O)(=O)O)c(N)c4c3O)c(C)c2)cc1C. The smallest absolute Gasteiger partial charge is 0.296 e. The maximum atomic E-state index is 12.8. The minimum absolute atomic E-state index is 0.121. The average Bonchev–Trinajstić information content (AvgIpc) is 2.99. The fourth-order valence-corrected chi connectivity index (χ4v) is 6.56. The summed E-state index contributed by atoms with van der Waals surface area (Å²) in [7, 11) is -8.27. The van der Waals surface area contributed by atoms with Crippen LogP contribution < -0.4 is 22.1 Å². The monoisotopic (exact) mass is 684 g/mol. The summed E-state index contributed by atoms with van der Waals surface area (Å²) in [4.78, 5) is 10.9. The van der Waals surface area contributed by atoms with Crippen molar-refractivity contribution >= 4 is 59.7 Å². The number of nitrogens with zero attached hydrogens (tertiary/aromatic N) is 2. The number of hydrogen-bond donors (Lipinski definition) is 7. The van der Waals surface area contributed by atoms with Crippen LogP contribution in [0.4, 0.5) is 22.7 Å². The van der Waals surface area contributed by atoms with Crippen LogP contribution in [0.3, 0.4) is 0 Å². The molecule has 0 bridgehead atoms. The van der Waals surface area contributed by atoms with E-state index in [1.807, 2.05) is 37.3 Å². The Morgan fingerprint density at radius 2 is 1.45 bits per heavy atom. The molecule has 0 fully saturated rings. The van der Waals surface area contributed by atoms with Gasteiger partial charge >= 0.3 is 0 Å². The number of azo groups is 1. The van der Waals surface area contributed by atoms with E-state index in [1.54, 1.807) is 20.0 Å². The Balaban J connectivity index is 1.61. The van der Waals surface area contributed by atoms with Crippen molar-refractivity contribution in [1.29, 1.82) is 0 Å². The summed E-state index contributed by atoms with van der Waals surface area (Å²) in [6, 6.07) is 13.6. The highest BCUT2D eigenvalue weighted by Crippen LogP contribution is 2.44. The Labute approximate surface area is 272 Å². The first kappa shape index (κ1) is 35.4. The number of hydrogen-bond acceptors (Lipinski definition) is 11. The summed E-state index contributed by atoms with van der Waals surface area (Å²) in [6.45, 7) is 4.28. The fourth-order valence-electron chi connectivity index (χ4n) is 5.12. The summed E-state index contributed by atoms with van der Waals surface area (Å²) in [6.07, 6.45) is 2.37. The molecule has 0 aliphatic rings. The lowest BCUT2D eigenvalue weighted by molar-refractivity contribution is -0.118. The highest BCUT2D eigenvalue weighted by molar-refractivity contribution is 7.87. The Hall–Kier alpha value is -4.45. The molecule has 0 aliphatic heterocycles. The van der Waals surface area contributed by atoms with Crippen LogP contribution >= 0.6 is 0 Å². The van der Waals surface area contributed by atoms with Gasteiger partial charge in [-0.25, -0.2) is 0 Å². The van der Waals surface area contributed by atoms with Crippen LogP contribution in [0.25, 0.3) is 21.9 Å². The van der Waals surface area contributed by atoms with Crippen molar-refractivity contribution in [3.8, 4) is 16.9 Å². The van der Waals surface area contributed by atoms with Crippen LogP contribution in [0.1, 0.15) is 30.4 Å². The minimum Gasteiger partial charge on any atom is -0.505 e. The zero-order chi connectivity index (χ0) is 34.7. The highest BCUT2D eigenvalue weighted by atomic mass is 32.2. The molecule has 1 unspecified atom stereocenters. The van der Waals surface area contributed by atoms with E-state index < -0.39 is 46.9 Å². The number of phenols is 1. The number of rotatable bonds is 12. The van der Waals surface area contributed by atoms with Gasteiger partial charge in [-0.05, 0) is 98.9 Å². The third-order valence-corrected chi connectivity index (χ3v) is 9.45. The Bertz CT molecular complexity index is 2100. The molecule has 4 aromatic carbocycles. The van der Waals surface area contributed by atoms with E-state index in [1.165, 1.54) is 12.1 Å². The van der Waals surface area contributed by atoms with E-state index in [2.05, 4.69) is 20.9 Å². The zero-order valence-electron chi connectivity index (χ0n) is 25.9.